The lowest BCUT2D eigenvalue weighted by Gasteiger charge is -2.35. The fourth-order valence-electron chi connectivity index (χ4n) is 3.73. The van der Waals surface area contributed by atoms with E-state index < -0.39 is 0 Å². The van der Waals surface area contributed by atoms with Crippen LogP contribution < -0.4 is 0 Å². The molecule has 0 unspecified atom stereocenters. The molecule has 3 aliphatic heterocycles. The van der Waals surface area contributed by atoms with Gasteiger partial charge in [0.2, 0.25) is 11.8 Å². The summed E-state index contributed by atoms with van der Waals surface area (Å²) >= 11 is 1.54. The van der Waals surface area contributed by atoms with Gasteiger partial charge < -0.3 is 9.80 Å². The average molecular weight is 359 g/mol. The number of nitrogens with zero attached hydrogens (tertiary/aromatic N) is 5. The number of carbonyl (C=O) groups is 2. The number of rotatable bonds is 4. The molecule has 8 heteroatoms. The van der Waals surface area contributed by atoms with Gasteiger partial charge >= 0.3 is 0 Å². The van der Waals surface area contributed by atoms with Gasteiger partial charge in [0.1, 0.15) is 6.54 Å². The normalized spacial score (nSPS) is 23.2. The summed E-state index contributed by atoms with van der Waals surface area (Å²) in [5, 5.41) is 6.27. The average Bonchev–Trinajstić information content (AvgIpc) is 3.15. The van der Waals surface area contributed by atoms with Crippen LogP contribution in [0.1, 0.15) is 24.2 Å². The molecule has 7 nitrogen and oxygen atoms in total. The molecule has 3 saturated heterocycles. The van der Waals surface area contributed by atoms with Crippen molar-refractivity contribution in [2.24, 2.45) is 5.92 Å². The first-order chi connectivity index (χ1) is 12.1. The minimum Gasteiger partial charge on any atom is -0.338 e. The molecule has 2 bridgehead atoms. The number of piperidine rings is 1. The van der Waals surface area contributed by atoms with Gasteiger partial charge in [0, 0.05) is 30.7 Å². The lowest BCUT2D eigenvalue weighted by Crippen LogP contribution is -2.47. The maximum atomic E-state index is 12.8. The zero-order valence-electron chi connectivity index (χ0n) is 14.2. The predicted octanol–water partition coefficient (Wildman–Crippen LogP) is 1.30. The minimum absolute atomic E-state index is 0.0308. The van der Waals surface area contributed by atoms with Crippen LogP contribution in [0.2, 0.25) is 0 Å². The molecule has 0 radical (unpaired) electrons. The largest absolute Gasteiger partial charge is 0.338 e. The summed E-state index contributed by atoms with van der Waals surface area (Å²) in [4.78, 5) is 33.6. The molecule has 3 fully saturated rings. The molecular weight excluding hydrogens is 338 g/mol. The van der Waals surface area contributed by atoms with E-state index in [0.717, 1.165) is 24.2 Å². The molecule has 0 N–H and O–H groups in total. The van der Waals surface area contributed by atoms with Crippen LogP contribution in [0.5, 0.6) is 0 Å². The summed E-state index contributed by atoms with van der Waals surface area (Å²) in [6.07, 6.45) is 3.63. The number of hydrogen-bond acceptors (Lipinski definition) is 5. The van der Waals surface area contributed by atoms with Crippen molar-refractivity contribution < 1.29 is 9.59 Å². The summed E-state index contributed by atoms with van der Waals surface area (Å²) in [6.45, 7) is 3.80. The van der Waals surface area contributed by atoms with Gasteiger partial charge in [0.25, 0.3) is 0 Å². The van der Waals surface area contributed by atoms with Crippen molar-refractivity contribution in [2.75, 3.05) is 13.1 Å². The zero-order valence-corrected chi connectivity index (χ0v) is 15.0. The lowest BCUT2D eigenvalue weighted by molar-refractivity contribution is -0.140. The molecule has 2 atom stereocenters. The van der Waals surface area contributed by atoms with Crippen LogP contribution in [-0.4, -0.2) is 55.5 Å². The van der Waals surface area contributed by atoms with Crippen LogP contribution in [0.4, 0.5) is 0 Å². The van der Waals surface area contributed by atoms with Crippen molar-refractivity contribution in [3.8, 4) is 0 Å². The molecule has 0 saturated carbocycles. The second kappa shape index (κ2) is 6.59. The Kier molecular flexibility index (Phi) is 4.29. The monoisotopic (exact) mass is 359 g/mol. The van der Waals surface area contributed by atoms with E-state index in [1.807, 2.05) is 34.4 Å². The zero-order chi connectivity index (χ0) is 17.4. The lowest BCUT2D eigenvalue weighted by atomic mass is 9.94. The molecule has 2 aromatic rings. The Bertz CT molecular complexity index is 772. The molecular formula is C17H21N5O2S. The van der Waals surface area contributed by atoms with E-state index in [2.05, 4.69) is 10.1 Å². The number of fused-ring (bicyclic) bond motifs is 4. The topological polar surface area (TPSA) is 71.3 Å². The van der Waals surface area contributed by atoms with E-state index in [0.29, 0.717) is 19.6 Å². The fraction of sp³-hybridized carbons (Fsp3) is 0.529. The van der Waals surface area contributed by atoms with Gasteiger partial charge in [-0.2, -0.15) is 5.10 Å². The molecule has 5 rings (SSSR count). The second-order valence-corrected chi connectivity index (χ2v) is 7.55. The molecule has 3 aliphatic rings. The first-order valence-electron chi connectivity index (χ1n) is 8.55. The minimum atomic E-state index is -0.0966. The van der Waals surface area contributed by atoms with Crippen molar-refractivity contribution in [1.29, 1.82) is 0 Å². The van der Waals surface area contributed by atoms with Crippen molar-refractivity contribution in [3.05, 3.63) is 34.5 Å². The number of aryl methyl sites for hydroxylation is 1. The fourth-order valence-corrected chi connectivity index (χ4v) is 4.28. The van der Waals surface area contributed by atoms with Gasteiger partial charge in [-0.05, 0) is 25.8 Å². The van der Waals surface area contributed by atoms with E-state index in [9.17, 15) is 9.59 Å². The number of aromatic nitrogens is 3. The number of thiazole rings is 1. The first-order valence-corrected chi connectivity index (χ1v) is 9.50. The quantitative estimate of drug-likeness (QED) is 0.825. The van der Waals surface area contributed by atoms with Crippen LogP contribution in [0.25, 0.3) is 0 Å². The van der Waals surface area contributed by atoms with Crippen LogP contribution >= 0.6 is 11.3 Å². The summed E-state index contributed by atoms with van der Waals surface area (Å²) < 4.78 is 1.67. The molecule has 0 aromatic carbocycles. The predicted molar refractivity (Wildman–Crippen MR) is 92.7 cm³/mol. The van der Waals surface area contributed by atoms with Gasteiger partial charge in [-0.1, -0.05) is 0 Å². The molecule has 0 spiro atoms. The summed E-state index contributed by atoms with van der Waals surface area (Å²) in [6, 6.07) is 1.97. The SMILES string of the molecule is Cc1ccn(CC(=O)N2C[C@H]3CC[C@@H](C2)N(Cc2cscn2)C3=O)n1. The third kappa shape index (κ3) is 3.30. The van der Waals surface area contributed by atoms with Gasteiger partial charge in [-0.25, -0.2) is 4.98 Å². The molecule has 132 valence electrons. The van der Waals surface area contributed by atoms with Gasteiger partial charge in [0.05, 0.1) is 29.4 Å². The summed E-state index contributed by atoms with van der Waals surface area (Å²) in [7, 11) is 0. The number of amides is 2. The number of carbonyl (C=O) groups excluding carboxylic acids is 2. The third-order valence-corrected chi connectivity index (χ3v) is 5.67. The first kappa shape index (κ1) is 16.3. The Labute approximate surface area is 150 Å². The summed E-state index contributed by atoms with van der Waals surface area (Å²) in [5.74, 6) is 0.0958. The van der Waals surface area contributed by atoms with E-state index >= 15 is 0 Å². The maximum absolute atomic E-state index is 12.8. The molecule has 2 aromatic heterocycles. The highest BCUT2D eigenvalue weighted by atomic mass is 32.1. The highest BCUT2D eigenvalue weighted by Gasteiger charge is 2.41. The Balaban J connectivity index is 1.48. The smallest absolute Gasteiger partial charge is 0.244 e. The van der Waals surface area contributed by atoms with Gasteiger partial charge in [0.15, 0.2) is 0 Å². The molecule has 25 heavy (non-hydrogen) atoms. The van der Waals surface area contributed by atoms with E-state index in [-0.39, 0.29) is 30.3 Å². The molecule has 0 aliphatic carbocycles. The van der Waals surface area contributed by atoms with Crippen LogP contribution in [0.15, 0.2) is 23.2 Å². The van der Waals surface area contributed by atoms with Crippen molar-refractivity contribution in [3.63, 3.8) is 0 Å². The second-order valence-electron chi connectivity index (χ2n) is 6.83. The summed E-state index contributed by atoms with van der Waals surface area (Å²) in [5.41, 5.74) is 3.61. The number of hydrogen-bond donors (Lipinski definition) is 0. The van der Waals surface area contributed by atoms with Gasteiger partial charge in [-0.15, -0.1) is 11.3 Å². The Morgan fingerprint density at radius 1 is 1.36 bits per heavy atom. The molecule has 5 heterocycles. The molecule has 2 amide bonds. The van der Waals surface area contributed by atoms with Crippen LogP contribution in [0, 0.1) is 12.8 Å². The highest BCUT2D eigenvalue weighted by Crippen LogP contribution is 2.30. The van der Waals surface area contributed by atoms with Crippen LogP contribution in [0.3, 0.4) is 0 Å². The third-order valence-electron chi connectivity index (χ3n) is 5.03. The van der Waals surface area contributed by atoms with Crippen molar-refractivity contribution in [1.82, 2.24) is 24.6 Å². The van der Waals surface area contributed by atoms with E-state index in [4.69, 9.17) is 0 Å². The van der Waals surface area contributed by atoms with E-state index in [1.54, 1.807) is 10.2 Å². The highest BCUT2D eigenvalue weighted by molar-refractivity contribution is 7.07. The van der Waals surface area contributed by atoms with Crippen molar-refractivity contribution >= 4 is 23.2 Å². The van der Waals surface area contributed by atoms with Crippen LogP contribution in [-0.2, 0) is 22.7 Å². The van der Waals surface area contributed by atoms with Gasteiger partial charge in [-0.3, -0.25) is 14.3 Å². The van der Waals surface area contributed by atoms with Crippen molar-refractivity contribution in [2.45, 2.75) is 38.9 Å². The Morgan fingerprint density at radius 2 is 2.24 bits per heavy atom. The Morgan fingerprint density at radius 3 is 2.96 bits per heavy atom. The maximum Gasteiger partial charge on any atom is 0.244 e. The standard InChI is InChI=1S/C17H21N5O2S/c1-12-4-5-21(19-12)9-16(23)20-6-13-2-3-15(8-20)22(17(13)24)7-14-10-25-11-18-14/h4-5,10-11,13,15H,2-3,6-9H2,1H3/t13-,15+/m1/s1. The van der Waals surface area contributed by atoms with E-state index in [1.165, 1.54) is 11.3 Å². The Hall–Kier alpha value is -2.22.